The van der Waals surface area contributed by atoms with Gasteiger partial charge in [-0.05, 0) is 73.1 Å². The van der Waals surface area contributed by atoms with Crippen LogP contribution in [0.2, 0.25) is 0 Å². The van der Waals surface area contributed by atoms with E-state index in [2.05, 4.69) is 4.72 Å². The molecule has 17 heteroatoms. The number of aliphatic hydroxyl groups is 1. The number of halogens is 1. The van der Waals surface area contributed by atoms with Crippen molar-refractivity contribution in [2.24, 2.45) is 11.3 Å². The van der Waals surface area contributed by atoms with E-state index in [-0.39, 0.29) is 54.4 Å². The Hall–Kier alpha value is -3.84. The van der Waals surface area contributed by atoms with Gasteiger partial charge < -0.3 is 29.2 Å². The highest BCUT2D eigenvalue weighted by atomic mass is 32.2. The number of amides is 1. The number of carboxylic acid groups (broad SMARTS) is 1. The Balaban J connectivity index is 1.23. The van der Waals surface area contributed by atoms with Crippen molar-refractivity contribution in [2.45, 2.75) is 80.2 Å². The van der Waals surface area contributed by atoms with E-state index >= 15 is 0 Å². The number of ether oxygens (including phenoxy) is 4. The van der Waals surface area contributed by atoms with E-state index in [1.54, 1.807) is 0 Å². The Morgan fingerprint density at radius 1 is 0.964 bits per heavy atom. The summed E-state index contributed by atoms with van der Waals surface area (Å²) in [4.78, 5) is 14.2. The minimum absolute atomic E-state index is 0.0546. The molecule has 0 bridgehead atoms. The highest BCUT2D eigenvalue weighted by Crippen LogP contribution is 2.38. The summed E-state index contributed by atoms with van der Waals surface area (Å²) in [6, 6.07) is 16.2. The second-order valence-electron chi connectivity index (χ2n) is 14.9. The van der Waals surface area contributed by atoms with Crippen molar-refractivity contribution >= 4 is 26.1 Å². The number of unbranched alkanes of at least 4 members (excludes halogenated alkanes) is 1. The molecule has 3 heterocycles. The molecule has 0 radical (unpaired) electrons. The molecule has 5 atom stereocenters. The Labute approximate surface area is 321 Å². The van der Waals surface area contributed by atoms with E-state index in [1.807, 2.05) is 44.2 Å². The summed E-state index contributed by atoms with van der Waals surface area (Å²) in [5.41, 5.74) is 0.0742. The molecule has 3 aromatic rings. The first kappa shape index (κ1) is 40.8. The van der Waals surface area contributed by atoms with Crippen LogP contribution in [-0.4, -0.2) is 106 Å². The van der Waals surface area contributed by atoms with Gasteiger partial charge in [0, 0.05) is 31.6 Å². The van der Waals surface area contributed by atoms with Gasteiger partial charge in [0.1, 0.15) is 5.82 Å². The van der Waals surface area contributed by atoms with Crippen LogP contribution in [0.25, 0.3) is 0 Å². The molecule has 1 amide bonds. The molecule has 0 saturated carbocycles. The molecule has 0 spiro atoms. The summed E-state index contributed by atoms with van der Waals surface area (Å²) in [7, 11) is -8.16. The summed E-state index contributed by atoms with van der Waals surface area (Å²) >= 11 is 0. The molecule has 2 fully saturated rings. The fourth-order valence-electron chi connectivity index (χ4n) is 7.49. The first-order valence-electron chi connectivity index (χ1n) is 18.3. The third kappa shape index (κ3) is 9.76. The summed E-state index contributed by atoms with van der Waals surface area (Å²) in [6.07, 6.45) is -1.16. The number of fused-ring (bicyclic) bond motifs is 2. The highest BCUT2D eigenvalue weighted by molar-refractivity contribution is 7.89. The van der Waals surface area contributed by atoms with Crippen LogP contribution in [-0.2, 0) is 35.9 Å². The van der Waals surface area contributed by atoms with Gasteiger partial charge in [-0.3, -0.25) is 4.90 Å². The lowest BCUT2D eigenvalue weighted by atomic mass is 9.87. The van der Waals surface area contributed by atoms with Gasteiger partial charge in [0.05, 0.1) is 41.2 Å². The zero-order valence-corrected chi connectivity index (χ0v) is 32.4. The summed E-state index contributed by atoms with van der Waals surface area (Å²) < 4.78 is 93.8. The predicted octanol–water partition coefficient (Wildman–Crippen LogP) is 4.43. The van der Waals surface area contributed by atoms with Crippen molar-refractivity contribution < 1.29 is 55.2 Å². The maximum Gasteiger partial charge on any atom is 0.407 e. The molecule has 3 N–H and O–H groups in total. The first-order chi connectivity index (χ1) is 26.1. The van der Waals surface area contributed by atoms with E-state index in [4.69, 9.17) is 18.9 Å². The van der Waals surface area contributed by atoms with Crippen LogP contribution in [0, 0.1) is 17.2 Å². The predicted molar refractivity (Wildman–Crippen MR) is 198 cm³/mol. The molecule has 14 nitrogen and oxygen atoms in total. The van der Waals surface area contributed by atoms with E-state index in [9.17, 15) is 36.2 Å². The van der Waals surface area contributed by atoms with Crippen molar-refractivity contribution in [1.82, 2.24) is 13.9 Å². The largest absolute Gasteiger partial charge is 0.465 e. The summed E-state index contributed by atoms with van der Waals surface area (Å²) in [5, 5.41) is 22.8. The molecule has 0 aliphatic carbocycles. The van der Waals surface area contributed by atoms with Gasteiger partial charge in [-0.15, -0.1) is 0 Å². The van der Waals surface area contributed by atoms with Crippen LogP contribution in [0.4, 0.5) is 9.18 Å². The minimum atomic E-state index is -4.32. The van der Waals surface area contributed by atoms with Crippen LogP contribution in [0.5, 0.6) is 11.5 Å². The quantitative estimate of drug-likeness (QED) is 0.155. The lowest BCUT2D eigenvalue weighted by Crippen LogP contribution is -2.58. The molecule has 3 aliphatic heterocycles. The molecule has 0 unspecified atom stereocenters. The van der Waals surface area contributed by atoms with Gasteiger partial charge >= 0.3 is 6.09 Å². The normalized spacial score (nSPS) is 20.7. The molecule has 2 saturated heterocycles. The number of nitrogens with one attached hydrogen (secondary N) is 1. The van der Waals surface area contributed by atoms with Gasteiger partial charge in [0.2, 0.25) is 26.8 Å². The van der Waals surface area contributed by atoms with E-state index in [0.717, 1.165) is 17.7 Å². The van der Waals surface area contributed by atoms with Crippen LogP contribution in [0.1, 0.15) is 45.1 Å². The van der Waals surface area contributed by atoms with Crippen molar-refractivity contribution in [1.29, 1.82) is 0 Å². The molecule has 300 valence electrons. The number of hydrogen-bond acceptors (Lipinski definition) is 10. The van der Waals surface area contributed by atoms with Gasteiger partial charge in [0.25, 0.3) is 0 Å². The Morgan fingerprint density at radius 2 is 1.67 bits per heavy atom. The highest BCUT2D eigenvalue weighted by Gasteiger charge is 2.49. The monoisotopic (exact) mass is 805 g/mol. The maximum absolute atomic E-state index is 14.5. The van der Waals surface area contributed by atoms with Crippen molar-refractivity contribution in [3.8, 4) is 11.5 Å². The molecule has 6 rings (SSSR count). The van der Waals surface area contributed by atoms with Gasteiger partial charge in [-0.2, -0.15) is 4.31 Å². The van der Waals surface area contributed by atoms with E-state index in [0.29, 0.717) is 38.0 Å². The Kier molecular flexibility index (Phi) is 12.7. The third-order valence-electron chi connectivity index (χ3n) is 10.3. The molecule has 55 heavy (non-hydrogen) atoms. The SMILES string of the molecule is CC(C)(CCCCNS(=O)(=O)c1ccc(F)cc1)CN(C[C@@H](O)[C@H](Cc1ccccc1)N(C(=O)O)[C@H]1CO[C@H]2OCC[C@H]21)S(=O)(=O)c1ccc2c(c1)OCO2. The second-order valence-corrected chi connectivity index (χ2v) is 18.6. The Bertz CT molecular complexity index is 2000. The van der Waals surface area contributed by atoms with Gasteiger partial charge in [-0.1, -0.05) is 50.6 Å². The van der Waals surface area contributed by atoms with Gasteiger partial charge in [-0.25, -0.2) is 30.7 Å². The number of aliphatic hydroxyl groups excluding tert-OH is 1. The van der Waals surface area contributed by atoms with Crippen LogP contribution in [0.15, 0.2) is 82.6 Å². The smallest absolute Gasteiger partial charge is 0.407 e. The van der Waals surface area contributed by atoms with Gasteiger partial charge in [0.15, 0.2) is 17.8 Å². The zero-order chi connectivity index (χ0) is 39.4. The van der Waals surface area contributed by atoms with Crippen LogP contribution in [0.3, 0.4) is 0 Å². The Morgan fingerprint density at radius 3 is 2.40 bits per heavy atom. The zero-order valence-electron chi connectivity index (χ0n) is 30.8. The lowest BCUT2D eigenvalue weighted by Gasteiger charge is -2.40. The van der Waals surface area contributed by atoms with Crippen molar-refractivity contribution in [3.05, 3.63) is 84.2 Å². The first-order valence-corrected chi connectivity index (χ1v) is 21.2. The van der Waals surface area contributed by atoms with Crippen molar-refractivity contribution in [3.63, 3.8) is 0 Å². The maximum atomic E-state index is 14.5. The summed E-state index contributed by atoms with van der Waals surface area (Å²) in [5.74, 6) is -0.129. The fraction of sp³-hybridized carbons (Fsp3) is 0.500. The van der Waals surface area contributed by atoms with Crippen LogP contribution < -0.4 is 14.2 Å². The lowest BCUT2D eigenvalue weighted by molar-refractivity contribution is -0.0906. The standard InChI is InChI=1S/C38H48FN3O11S2/c1-38(2,17-6-7-18-40-54(46,47)28-12-10-27(39)11-13-28)24-41(55(48,49)29-14-15-34-35(21-29)53-25-52-34)22-33(43)31(20-26-8-4-3-5-9-26)42(37(44)45)32-23-51-36-30(32)16-19-50-36/h3-5,8-15,21,30-33,36,40,43H,6-7,16-20,22-25H2,1-2H3,(H,44,45)/t30-,31-,32-,33+,36+/m0/s1. The average molecular weight is 806 g/mol. The number of nitrogens with zero attached hydrogens (tertiary/aromatic N) is 2. The minimum Gasteiger partial charge on any atom is -0.465 e. The molecule has 3 aliphatic rings. The third-order valence-corrected chi connectivity index (χ3v) is 13.6. The molecule has 0 aromatic heterocycles. The summed E-state index contributed by atoms with van der Waals surface area (Å²) in [6.45, 7) is 3.82. The fourth-order valence-corrected chi connectivity index (χ4v) is 10.2. The molecular formula is C38H48FN3O11S2. The number of hydrogen-bond donors (Lipinski definition) is 3. The van der Waals surface area contributed by atoms with E-state index < -0.39 is 68.4 Å². The second kappa shape index (κ2) is 17.1. The number of sulfonamides is 2. The average Bonchev–Trinajstić information content (AvgIpc) is 3.90. The van der Waals surface area contributed by atoms with E-state index in [1.165, 1.54) is 39.5 Å². The number of rotatable bonds is 18. The number of benzene rings is 3. The van der Waals surface area contributed by atoms with Crippen molar-refractivity contribution in [2.75, 3.05) is 39.6 Å². The number of carbonyl (C=O) groups is 1. The topological polar surface area (TPSA) is 181 Å². The van der Waals surface area contributed by atoms with Crippen LogP contribution >= 0.6 is 0 Å². The molecular weight excluding hydrogens is 758 g/mol. The molecule has 3 aromatic carbocycles.